The second-order valence-corrected chi connectivity index (χ2v) is 9.52. The molecule has 1 aliphatic rings. The number of nitrogens with one attached hydrogen (secondary N) is 1. The summed E-state index contributed by atoms with van der Waals surface area (Å²) in [5.74, 6) is 0.0652. The maximum absolute atomic E-state index is 12.4. The lowest BCUT2D eigenvalue weighted by Crippen LogP contribution is -2.44. The minimum atomic E-state index is -0.466. The molecule has 1 amide bonds. The third-order valence-corrected chi connectivity index (χ3v) is 6.94. The number of nitrogens with zero attached hydrogens (tertiary/aromatic N) is 2. The molecular weight excluding hydrogens is 434 g/mol. The Morgan fingerprint density at radius 1 is 1.00 bits per heavy atom. The van der Waals surface area contributed by atoms with Gasteiger partial charge in [-0.3, -0.25) is 4.79 Å². The van der Waals surface area contributed by atoms with Gasteiger partial charge in [-0.2, -0.15) is 0 Å². The number of carbonyl (C=O) groups excluding carboxylic acids is 1. The third-order valence-electron chi connectivity index (χ3n) is 6.94. The molecule has 0 aromatic heterocycles. The van der Waals surface area contributed by atoms with Crippen molar-refractivity contribution >= 4 is 17.3 Å². The molecule has 2 N–H and O–H groups in total. The van der Waals surface area contributed by atoms with Gasteiger partial charge in [-0.15, -0.1) is 0 Å². The molecule has 4 rings (SSSR count). The molecule has 1 saturated heterocycles. The van der Waals surface area contributed by atoms with E-state index in [1.165, 1.54) is 5.56 Å². The number of hydrogen-bond acceptors (Lipinski definition) is 4. The molecule has 35 heavy (non-hydrogen) atoms. The van der Waals surface area contributed by atoms with E-state index in [0.717, 1.165) is 55.7 Å². The zero-order valence-corrected chi connectivity index (χ0v) is 20.6. The van der Waals surface area contributed by atoms with Crippen molar-refractivity contribution in [2.24, 2.45) is 0 Å². The fourth-order valence-corrected chi connectivity index (χ4v) is 4.87. The van der Waals surface area contributed by atoms with Crippen LogP contribution in [-0.4, -0.2) is 48.6 Å². The molecule has 1 unspecified atom stereocenters. The van der Waals surface area contributed by atoms with E-state index in [1.54, 1.807) is 0 Å². The molecule has 0 spiro atoms. The first-order valence-electron chi connectivity index (χ1n) is 12.7. The Balaban J connectivity index is 1.23. The summed E-state index contributed by atoms with van der Waals surface area (Å²) in [6.07, 6.45) is 3.91. The topological polar surface area (TPSA) is 55.8 Å². The summed E-state index contributed by atoms with van der Waals surface area (Å²) in [5, 5.41) is 13.6. The van der Waals surface area contributed by atoms with E-state index in [1.807, 2.05) is 60.7 Å². The first kappa shape index (κ1) is 25.0. The van der Waals surface area contributed by atoms with Crippen LogP contribution < -0.4 is 10.2 Å². The van der Waals surface area contributed by atoms with Gasteiger partial charge in [0.05, 0.1) is 6.10 Å². The molecule has 0 aliphatic carbocycles. The summed E-state index contributed by atoms with van der Waals surface area (Å²) in [7, 11) is 2.11. The molecule has 0 radical (unpaired) electrons. The predicted octanol–water partition coefficient (Wildman–Crippen LogP) is 5.28. The lowest BCUT2D eigenvalue weighted by atomic mass is 10.0. The Hall–Kier alpha value is -3.15. The maximum atomic E-state index is 12.4. The van der Waals surface area contributed by atoms with Gasteiger partial charge < -0.3 is 20.2 Å². The van der Waals surface area contributed by atoms with E-state index < -0.39 is 6.10 Å². The first-order valence-corrected chi connectivity index (χ1v) is 12.7. The van der Waals surface area contributed by atoms with Crippen LogP contribution in [0.1, 0.15) is 42.9 Å². The van der Waals surface area contributed by atoms with Crippen molar-refractivity contribution in [3.63, 3.8) is 0 Å². The number of aryl methyl sites for hydroxylation is 1. The van der Waals surface area contributed by atoms with Crippen molar-refractivity contribution in [2.75, 3.05) is 36.9 Å². The number of benzene rings is 3. The molecule has 184 valence electrons. The average molecular weight is 472 g/mol. The highest BCUT2D eigenvalue weighted by Crippen LogP contribution is 2.26. The van der Waals surface area contributed by atoms with Gasteiger partial charge >= 0.3 is 0 Å². The molecule has 1 atom stereocenters. The van der Waals surface area contributed by atoms with Crippen LogP contribution >= 0.6 is 0 Å². The van der Waals surface area contributed by atoms with E-state index in [0.29, 0.717) is 19.0 Å². The van der Waals surface area contributed by atoms with Gasteiger partial charge in [0, 0.05) is 43.5 Å². The molecule has 3 aromatic rings. The molecule has 5 heteroatoms. The molecule has 1 heterocycles. The van der Waals surface area contributed by atoms with Crippen LogP contribution in [0.3, 0.4) is 0 Å². The summed E-state index contributed by atoms with van der Waals surface area (Å²) < 4.78 is 0. The van der Waals surface area contributed by atoms with Crippen molar-refractivity contribution in [3.8, 4) is 0 Å². The number of carbonyl (C=O) groups is 1. The van der Waals surface area contributed by atoms with Crippen LogP contribution in [0.2, 0.25) is 0 Å². The van der Waals surface area contributed by atoms with Crippen molar-refractivity contribution in [2.45, 2.75) is 44.2 Å². The fourth-order valence-electron chi connectivity index (χ4n) is 4.87. The van der Waals surface area contributed by atoms with E-state index in [2.05, 4.69) is 46.4 Å². The SMILES string of the molecule is CN(CC(O)c1ccccc1)C1CCN(c2cccc(NC(=O)CCCc3ccccc3)c2)CC1. The number of aliphatic hydroxyl groups is 1. The summed E-state index contributed by atoms with van der Waals surface area (Å²) in [6, 6.07) is 28.8. The van der Waals surface area contributed by atoms with Gasteiger partial charge in [-0.1, -0.05) is 66.7 Å². The Labute approximate surface area is 209 Å². The quantitative estimate of drug-likeness (QED) is 0.422. The van der Waals surface area contributed by atoms with E-state index in [9.17, 15) is 9.90 Å². The average Bonchev–Trinajstić information content (AvgIpc) is 2.90. The number of aliphatic hydroxyl groups excluding tert-OH is 1. The standard InChI is InChI=1S/C30H37N3O2/c1-32(23-29(34)25-13-6-3-7-14-25)27-18-20-33(21-19-27)28-16-9-15-26(22-28)31-30(35)17-8-12-24-10-4-2-5-11-24/h2-7,9-11,13-16,22,27,29,34H,8,12,17-21,23H2,1H3,(H,31,35). The van der Waals surface area contributed by atoms with Gasteiger partial charge in [0.1, 0.15) is 0 Å². The minimum absolute atomic E-state index is 0.0652. The van der Waals surface area contributed by atoms with E-state index >= 15 is 0 Å². The number of hydrogen-bond donors (Lipinski definition) is 2. The van der Waals surface area contributed by atoms with Crippen molar-refractivity contribution < 1.29 is 9.90 Å². The van der Waals surface area contributed by atoms with Crippen molar-refractivity contribution in [3.05, 3.63) is 96.1 Å². The van der Waals surface area contributed by atoms with Gasteiger partial charge in [-0.25, -0.2) is 0 Å². The van der Waals surface area contributed by atoms with E-state index in [-0.39, 0.29) is 5.91 Å². The molecular formula is C30H37N3O2. The molecule has 1 aliphatic heterocycles. The van der Waals surface area contributed by atoms with Crippen molar-refractivity contribution in [1.29, 1.82) is 0 Å². The second-order valence-electron chi connectivity index (χ2n) is 9.52. The molecule has 0 saturated carbocycles. The summed E-state index contributed by atoms with van der Waals surface area (Å²) >= 11 is 0. The number of anilines is 2. The zero-order chi connectivity index (χ0) is 24.5. The van der Waals surface area contributed by atoms with Crippen LogP contribution in [-0.2, 0) is 11.2 Å². The number of rotatable bonds is 10. The summed E-state index contributed by atoms with van der Waals surface area (Å²) in [6.45, 7) is 2.57. The monoisotopic (exact) mass is 471 g/mol. The maximum Gasteiger partial charge on any atom is 0.224 e. The first-order chi connectivity index (χ1) is 17.1. The van der Waals surface area contributed by atoms with Gasteiger partial charge in [0.15, 0.2) is 0 Å². The number of piperidine rings is 1. The Bertz CT molecular complexity index is 1050. The smallest absolute Gasteiger partial charge is 0.224 e. The Kier molecular flexibility index (Phi) is 8.93. The molecule has 1 fully saturated rings. The zero-order valence-electron chi connectivity index (χ0n) is 20.6. The Morgan fingerprint density at radius 3 is 2.40 bits per heavy atom. The summed E-state index contributed by atoms with van der Waals surface area (Å²) in [5.41, 5.74) is 4.25. The highest BCUT2D eigenvalue weighted by molar-refractivity contribution is 5.91. The highest BCUT2D eigenvalue weighted by atomic mass is 16.3. The van der Waals surface area contributed by atoms with Gasteiger partial charge in [0.25, 0.3) is 0 Å². The lowest BCUT2D eigenvalue weighted by molar-refractivity contribution is -0.116. The molecule has 0 bridgehead atoms. The number of amides is 1. The van der Waals surface area contributed by atoms with Crippen LogP contribution in [0.15, 0.2) is 84.9 Å². The van der Waals surface area contributed by atoms with Crippen LogP contribution in [0.25, 0.3) is 0 Å². The van der Waals surface area contributed by atoms with Gasteiger partial charge in [-0.05, 0) is 62.1 Å². The molecule has 5 nitrogen and oxygen atoms in total. The van der Waals surface area contributed by atoms with Crippen LogP contribution in [0.4, 0.5) is 11.4 Å². The largest absolute Gasteiger partial charge is 0.387 e. The van der Waals surface area contributed by atoms with E-state index in [4.69, 9.17) is 0 Å². The third kappa shape index (κ3) is 7.41. The second kappa shape index (κ2) is 12.5. The van der Waals surface area contributed by atoms with Crippen LogP contribution in [0.5, 0.6) is 0 Å². The highest BCUT2D eigenvalue weighted by Gasteiger charge is 2.24. The Morgan fingerprint density at radius 2 is 1.69 bits per heavy atom. The summed E-state index contributed by atoms with van der Waals surface area (Å²) in [4.78, 5) is 17.1. The number of likely N-dealkylation sites (N-methyl/N-ethyl adjacent to an activating group) is 1. The normalized spacial score (nSPS) is 15.2. The fraction of sp³-hybridized carbons (Fsp3) is 0.367. The minimum Gasteiger partial charge on any atom is -0.387 e. The van der Waals surface area contributed by atoms with Gasteiger partial charge in [0.2, 0.25) is 5.91 Å². The lowest BCUT2D eigenvalue weighted by Gasteiger charge is -2.38. The van der Waals surface area contributed by atoms with Crippen LogP contribution in [0, 0.1) is 0 Å². The van der Waals surface area contributed by atoms with Crippen molar-refractivity contribution in [1.82, 2.24) is 4.90 Å². The predicted molar refractivity (Wildman–Crippen MR) is 144 cm³/mol. The molecule has 3 aromatic carbocycles.